The molecule has 0 bridgehead atoms. The van der Waals surface area contributed by atoms with Crippen molar-refractivity contribution in [2.75, 3.05) is 12.1 Å². The van der Waals surface area contributed by atoms with E-state index in [-0.39, 0.29) is 11.7 Å². The number of hydrogen-bond donors (Lipinski definition) is 0. The highest BCUT2D eigenvalue weighted by Crippen LogP contribution is 2.22. The average molecular weight is 324 g/mol. The summed E-state index contributed by atoms with van der Waals surface area (Å²) < 4.78 is 18.4. The zero-order chi connectivity index (χ0) is 16.9. The van der Waals surface area contributed by atoms with Crippen molar-refractivity contribution in [2.45, 2.75) is 12.8 Å². The maximum absolute atomic E-state index is 13.0. The number of amides is 1. The average Bonchev–Trinajstić information content (AvgIpc) is 2.62. The maximum Gasteiger partial charge on any atom is 0.247 e. The number of ether oxygens (including phenoxy) is 1. The highest BCUT2D eigenvalue weighted by molar-refractivity contribution is 6.07. The van der Waals surface area contributed by atoms with Gasteiger partial charge >= 0.3 is 0 Å². The molecule has 0 fully saturated rings. The number of rotatable bonds is 4. The first-order chi connectivity index (χ1) is 11.7. The quantitative estimate of drug-likeness (QED) is 0.852. The summed E-state index contributed by atoms with van der Waals surface area (Å²) in [6.07, 6.45) is 4.73. The number of benzene rings is 2. The highest BCUT2D eigenvalue weighted by atomic mass is 19.1. The van der Waals surface area contributed by atoms with Gasteiger partial charge in [-0.2, -0.15) is 5.10 Å². The second-order valence-corrected chi connectivity index (χ2v) is 5.35. The number of methoxy groups -OCH3 is 1. The van der Waals surface area contributed by atoms with Gasteiger partial charge in [0.1, 0.15) is 11.6 Å². The molecular weight excluding hydrogens is 307 g/mol. The van der Waals surface area contributed by atoms with Crippen molar-refractivity contribution < 1.29 is 13.9 Å². The zero-order valence-corrected chi connectivity index (χ0v) is 13.3. The second-order valence-electron chi connectivity index (χ2n) is 5.35. The Morgan fingerprint density at radius 2 is 1.83 bits per heavy atom. The van der Waals surface area contributed by atoms with Crippen LogP contribution in [-0.2, 0) is 4.79 Å². The third-order valence-electron chi connectivity index (χ3n) is 3.73. The van der Waals surface area contributed by atoms with Crippen LogP contribution in [0.25, 0.3) is 6.08 Å². The number of carbonyl (C=O) groups excluding carboxylic acids is 1. The Hall–Kier alpha value is -2.95. The van der Waals surface area contributed by atoms with Gasteiger partial charge in [0.05, 0.1) is 18.5 Å². The summed E-state index contributed by atoms with van der Waals surface area (Å²) in [7, 11) is 1.62. The first-order valence-electron chi connectivity index (χ1n) is 7.64. The monoisotopic (exact) mass is 324 g/mol. The number of para-hydroxylation sites is 1. The molecule has 1 aliphatic heterocycles. The molecule has 1 aliphatic rings. The van der Waals surface area contributed by atoms with E-state index in [1.165, 1.54) is 17.1 Å². The fourth-order valence-corrected chi connectivity index (χ4v) is 2.47. The largest absolute Gasteiger partial charge is 0.496 e. The third-order valence-corrected chi connectivity index (χ3v) is 3.73. The van der Waals surface area contributed by atoms with Crippen molar-refractivity contribution in [3.05, 3.63) is 66.0 Å². The molecule has 0 saturated heterocycles. The molecule has 0 N–H and O–H groups in total. The first kappa shape index (κ1) is 15.9. The van der Waals surface area contributed by atoms with Gasteiger partial charge < -0.3 is 4.74 Å². The molecule has 0 unspecified atom stereocenters. The van der Waals surface area contributed by atoms with E-state index in [1.54, 1.807) is 19.2 Å². The molecule has 2 aromatic rings. The molecule has 0 radical (unpaired) electrons. The number of allylic oxidation sites excluding steroid dienone is 1. The topological polar surface area (TPSA) is 41.9 Å². The summed E-state index contributed by atoms with van der Waals surface area (Å²) in [5.41, 5.74) is 2.28. The van der Waals surface area contributed by atoms with Gasteiger partial charge in [-0.15, -0.1) is 0 Å². The Bertz CT molecular complexity index is 797. The third kappa shape index (κ3) is 3.51. The Balaban J connectivity index is 1.85. The molecule has 0 aliphatic carbocycles. The summed E-state index contributed by atoms with van der Waals surface area (Å²) in [6, 6.07) is 13.4. The van der Waals surface area contributed by atoms with Crippen LogP contribution in [0.4, 0.5) is 10.1 Å². The number of hydrazone groups is 1. The zero-order valence-electron chi connectivity index (χ0n) is 13.3. The van der Waals surface area contributed by atoms with Crippen LogP contribution in [0.3, 0.4) is 0 Å². The summed E-state index contributed by atoms with van der Waals surface area (Å²) in [6.45, 7) is 0. The predicted octanol–water partition coefficient (Wildman–Crippen LogP) is 4.03. The predicted molar refractivity (Wildman–Crippen MR) is 92.6 cm³/mol. The van der Waals surface area contributed by atoms with Gasteiger partial charge in [-0.25, -0.2) is 9.40 Å². The van der Waals surface area contributed by atoms with Crippen molar-refractivity contribution in [3.8, 4) is 5.75 Å². The minimum atomic E-state index is -0.344. The lowest BCUT2D eigenvalue weighted by molar-refractivity contribution is -0.118. The molecule has 0 saturated carbocycles. The summed E-state index contributed by atoms with van der Waals surface area (Å²) in [5, 5.41) is 5.71. The summed E-state index contributed by atoms with van der Waals surface area (Å²) in [5.74, 6) is 0.330. The number of anilines is 1. The second kappa shape index (κ2) is 7.08. The van der Waals surface area contributed by atoms with Crippen LogP contribution in [-0.4, -0.2) is 18.7 Å². The van der Waals surface area contributed by atoms with Crippen LogP contribution in [0.1, 0.15) is 18.4 Å². The molecule has 0 atom stereocenters. The van der Waals surface area contributed by atoms with E-state index < -0.39 is 0 Å². The van der Waals surface area contributed by atoms with E-state index in [0.717, 1.165) is 17.0 Å². The van der Waals surface area contributed by atoms with Gasteiger partial charge in [0, 0.05) is 18.4 Å². The summed E-state index contributed by atoms with van der Waals surface area (Å²) >= 11 is 0. The standard InChI is InChI=1S/C19H17FN2O2/c1-24-18-5-3-2-4-14(18)6-9-16-10-13-19(23)22(21-16)17-11-7-15(20)8-12-17/h2-9,11-12H,10,13H2,1H3/b9-6+. The molecule has 0 aromatic heterocycles. The van der Waals surface area contributed by atoms with Gasteiger partial charge in [0.15, 0.2) is 0 Å². The molecule has 1 amide bonds. The van der Waals surface area contributed by atoms with E-state index in [1.807, 2.05) is 36.4 Å². The van der Waals surface area contributed by atoms with E-state index in [0.29, 0.717) is 18.5 Å². The van der Waals surface area contributed by atoms with Gasteiger partial charge in [0.25, 0.3) is 0 Å². The minimum absolute atomic E-state index is 0.101. The highest BCUT2D eigenvalue weighted by Gasteiger charge is 2.20. The molecule has 3 rings (SSSR count). The molecule has 2 aromatic carbocycles. The Morgan fingerprint density at radius 3 is 2.58 bits per heavy atom. The number of halogens is 1. The normalized spacial score (nSPS) is 14.8. The first-order valence-corrected chi connectivity index (χ1v) is 7.64. The summed E-state index contributed by atoms with van der Waals surface area (Å²) in [4.78, 5) is 12.1. The van der Waals surface area contributed by atoms with Crippen LogP contribution in [0.15, 0.2) is 59.7 Å². The number of hydrogen-bond acceptors (Lipinski definition) is 3. The van der Waals surface area contributed by atoms with Gasteiger partial charge in [-0.05, 0) is 42.5 Å². The smallest absolute Gasteiger partial charge is 0.247 e. The molecular formula is C19H17FN2O2. The van der Waals surface area contributed by atoms with Crippen molar-refractivity contribution in [2.24, 2.45) is 5.10 Å². The van der Waals surface area contributed by atoms with Gasteiger partial charge in [-0.1, -0.05) is 18.2 Å². The lowest BCUT2D eigenvalue weighted by Crippen LogP contribution is -2.30. The van der Waals surface area contributed by atoms with E-state index >= 15 is 0 Å². The molecule has 5 heteroatoms. The Labute approximate surface area is 139 Å². The van der Waals surface area contributed by atoms with Gasteiger partial charge in [-0.3, -0.25) is 4.79 Å². The lowest BCUT2D eigenvalue weighted by atomic mass is 10.1. The molecule has 1 heterocycles. The maximum atomic E-state index is 13.0. The van der Waals surface area contributed by atoms with E-state index in [9.17, 15) is 9.18 Å². The Morgan fingerprint density at radius 1 is 1.08 bits per heavy atom. The van der Waals surface area contributed by atoms with Crippen molar-refractivity contribution in [1.29, 1.82) is 0 Å². The molecule has 24 heavy (non-hydrogen) atoms. The van der Waals surface area contributed by atoms with Crippen LogP contribution in [0.2, 0.25) is 0 Å². The van der Waals surface area contributed by atoms with Crippen LogP contribution >= 0.6 is 0 Å². The van der Waals surface area contributed by atoms with Crippen LogP contribution in [0, 0.1) is 5.82 Å². The Kier molecular flexibility index (Phi) is 4.70. The van der Waals surface area contributed by atoms with Crippen molar-refractivity contribution in [1.82, 2.24) is 0 Å². The van der Waals surface area contributed by atoms with Gasteiger partial charge in [0.2, 0.25) is 5.91 Å². The molecule has 0 spiro atoms. The fraction of sp³-hybridized carbons (Fsp3) is 0.158. The molecule has 122 valence electrons. The van der Waals surface area contributed by atoms with Crippen molar-refractivity contribution >= 4 is 23.4 Å². The fourth-order valence-electron chi connectivity index (χ4n) is 2.47. The number of carbonyl (C=O) groups is 1. The number of nitrogens with zero attached hydrogens (tertiary/aromatic N) is 2. The van der Waals surface area contributed by atoms with Crippen LogP contribution < -0.4 is 9.75 Å². The molecule has 4 nitrogen and oxygen atoms in total. The SMILES string of the molecule is COc1ccccc1/C=C/C1=NN(c2ccc(F)cc2)C(=O)CC1. The van der Waals surface area contributed by atoms with E-state index in [4.69, 9.17) is 4.74 Å². The van der Waals surface area contributed by atoms with Crippen molar-refractivity contribution in [3.63, 3.8) is 0 Å². The van der Waals surface area contributed by atoms with Crippen LogP contribution in [0.5, 0.6) is 5.75 Å². The lowest BCUT2D eigenvalue weighted by Gasteiger charge is -2.22. The minimum Gasteiger partial charge on any atom is -0.496 e. The van der Waals surface area contributed by atoms with E-state index in [2.05, 4.69) is 5.10 Å².